The highest BCUT2D eigenvalue weighted by molar-refractivity contribution is 7.14. The Balaban J connectivity index is 1.55. The van der Waals surface area contributed by atoms with Gasteiger partial charge in [0.1, 0.15) is 0 Å². The van der Waals surface area contributed by atoms with Crippen LogP contribution in [0.5, 0.6) is 0 Å². The molecular weight excluding hydrogens is 280 g/mol. The number of benzene rings is 1. The first kappa shape index (κ1) is 13.0. The lowest BCUT2D eigenvalue weighted by Crippen LogP contribution is -2.12. The number of aromatic nitrogens is 1. The van der Waals surface area contributed by atoms with E-state index in [1.807, 2.05) is 5.38 Å². The molecule has 0 unspecified atom stereocenters. The predicted molar refractivity (Wildman–Crippen MR) is 85.5 cm³/mol. The third-order valence-electron chi connectivity index (χ3n) is 4.33. The summed E-state index contributed by atoms with van der Waals surface area (Å²) in [6.07, 6.45) is 7.02. The molecule has 4 heteroatoms. The number of hydrogen-bond donors (Lipinski definition) is 1. The summed E-state index contributed by atoms with van der Waals surface area (Å²) in [6, 6.07) is 6.67. The van der Waals surface area contributed by atoms with Gasteiger partial charge in [-0.3, -0.25) is 4.79 Å². The number of fused-ring (bicyclic) bond motifs is 1. The summed E-state index contributed by atoms with van der Waals surface area (Å²) < 4.78 is 0. The summed E-state index contributed by atoms with van der Waals surface area (Å²) >= 11 is 1.51. The molecule has 1 heterocycles. The SMILES string of the molecule is O=C(Nc1nc(-c2ccc3c(c2)CCCC3)cs1)C1CC1. The van der Waals surface area contributed by atoms with Gasteiger partial charge in [-0.25, -0.2) is 4.98 Å². The molecule has 0 aliphatic heterocycles. The van der Waals surface area contributed by atoms with Gasteiger partial charge in [-0.1, -0.05) is 12.1 Å². The Labute approximate surface area is 128 Å². The molecule has 0 bridgehead atoms. The van der Waals surface area contributed by atoms with Gasteiger partial charge in [0.05, 0.1) is 5.69 Å². The molecule has 2 aromatic rings. The number of hydrogen-bond acceptors (Lipinski definition) is 3. The van der Waals surface area contributed by atoms with E-state index < -0.39 is 0 Å². The quantitative estimate of drug-likeness (QED) is 0.929. The molecule has 1 fully saturated rings. The van der Waals surface area contributed by atoms with E-state index in [1.54, 1.807) is 0 Å². The number of amides is 1. The summed E-state index contributed by atoms with van der Waals surface area (Å²) in [5, 5.41) is 5.68. The normalized spacial score (nSPS) is 17.3. The fourth-order valence-corrected chi connectivity index (χ4v) is 3.63. The minimum atomic E-state index is 0.126. The van der Waals surface area contributed by atoms with E-state index in [4.69, 9.17) is 0 Å². The lowest BCUT2D eigenvalue weighted by molar-refractivity contribution is -0.117. The Bertz CT molecular complexity index is 688. The van der Waals surface area contributed by atoms with Crippen molar-refractivity contribution in [1.29, 1.82) is 0 Å². The maximum absolute atomic E-state index is 11.8. The van der Waals surface area contributed by atoms with E-state index in [-0.39, 0.29) is 11.8 Å². The molecule has 1 aromatic heterocycles. The van der Waals surface area contributed by atoms with Crippen LogP contribution in [0.4, 0.5) is 5.13 Å². The van der Waals surface area contributed by atoms with Crippen molar-refractivity contribution in [1.82, 2.24) is 4.98 Å². The summed E-state index contributed by atoms with van der Waals surface area (Å²) in [6.45, 7) is 0. The van der Waals surface area contributed by atoms with Crippen LogP contribution in [0.15, 0.2) is 23.6 Å². The van der Waals surface area contributed by atoms with Gasteiger partial charge >= 0.3 is 0 Å². The van der Waals surface area contributed by atoms with Crippen molar-refractivity contribution < 1.29 is 4.79 Å². The largest absolute Gasteiger partial charge is 0.302 e. The van der Waals surface area contributed by atoms with Crippen molar-refractivity contribution in [2.45, 2.75) is 38.5 Å². The molecule has 2 aliphatic carbocycles. The summed E-state index contributed by atoms with van der Waals surface area (Å²) in [7, 11) is 0. The molecule has 2 aliphatic rings. The first-order chi connectivity index (χ1) is 10.3. The Morgan fingerprint density at radius 1 is 1.19 bits per heavy atom. The van der Waals surface area contributed by atoms with Crippen molar-refractivity contribution in [2.75, 3.05) is 5.32 Å². The van der Waals surface area contributed by atoms with Crippen LogP contribution in [0.2, 0.25) is 0 Å². The van der Waals surface area contributed by atoms with E-state index >= 15 is 0 Å². The third kappa shape index (κ3) is 2.72. The van der Waals surface area contributed by atoms with Crippen molar-refractivity contribution in [3.05, 3.63) is 34.7 Å². The van der Waals surface area contributed by atoms with Crippen LogP contribution in [0.1, 0.15) is 36.8 Å². The second-order valence-corrected chi connectivity index (χ2v) is 6.85. The summed E-state index contributed by atoms with van der Waals surface area (Å²) in [5.41, 5.74) is 5.09. The van der Waals surface area contributed by atoms with Gasteiger partial charge in [0, 0.05) is 16.9 Å². The van der Waals surface area contributed by atoms with Crippen molar-refractivity contribution in [3.8, 4) is 11.3 Å². The minimum absolute atomic E-state index is 0.126. The predicted octanol–water partition coefficient (Wildman–Crippen LogP) is 4.04. The number of aryl methyl sites for hydroxylation is 2. The second kappa shape index (κ2) is 5.26. The smallest absolute Gasteiger partial charge is 0.229 e. The van der Waals surface area contributed by atoms with Crippen LogP contribution in [0.3, 0.4) is 0 Å². The van der Waals surface area contributed by atoms with Gasteiger partial charge < -0.3 is 5.32 Å². The van der Waals surface area contributed by atoms with Crippen LogP contribution >= 0.6 is 11.3 Å². The minimum Gasteiger partial charge on any atom is -0.302 e. The first-order valence-corrected chi connectivity index (χ1v) is 8.56. The highest BCUT2D eigenvalue weighted by Crippen LogP contribution is 2.32. The molecule has 21 heavy (non-hydrogen) atoms. The van der Waals surface area contributed by atoms with Crippen LogP contribution in [-0.4, -0.2) is 10.9 Å². The average Bonchev–Trinajstić information content (AvgIpc) is 3.27. The fraction of sp³-hybridized carbons (Fsp3) is 0.412. The molecule has 108 valence electrons. The Morgan fingerprint density at radius 2 is 2.00 bits per heavy atom. The molecule has 1 aromatic carbocycles. The maximum Gasteiger partial charge on any atom is 0.229 e. The number of carbonyl (C=O) groups is 1. The Hall–Kier alpha value is -1.68. The zero-order valence-electron chi connectivity index (χ0n) is 11.9. The molecule has 1 amide bonds. The number of nitrogens with zero attached hydrogens (tertiary/aromatic N) is 1. The first-order valence-electron chi connectivity index (χ1n) is 7.68. The van der Waals surface area contributed by atoms with Crippen molar-refractivity contribution in [2.24, 2.45) is 5.92 Å². The number of rotatable bonds is 3. The number of anilines is 1. The standard InChI is InChI=1S/C17H18N2OS/c20-16(12-6-7-12)19-17-18-15(10-21-17)14-8-5-11-3-1-2-4-13(11)9-14/h5,8-10,12H,1-4,6-7H2,(H,18,19,20). The lowest BCUT2D eigenvalue weighted by Gasteiger charge is -2.16. The highest BCUT2D eigenvalue weighted by atomic mass is 32.1. The van der Waals surface area contributed by atoms with Crippen LogP contribution in [0, 0.1) is 5.92 Å². The third-order valence-corrected chi connectivity index (χ3v) is 5.08. The maximum atomic E-state index is 11.8. The topological polar surface area (TPSA) is 42.0 Å². The van der Waals surface area contributed by atoms with E-state index in [0.29, 0.717) is 0 Å². The van der Waals surface area contributed by atoms with Gasteiger partial charge in [-0.2, -0.15) is 0 Å². The zero-order chi connectivity index (χ0) is 14.2. The molecule has 0 radical (unpaired) electrons. The van der Waals surface area contributed by atoms with Crippen molar-refractivity contribution in [3.63, 3.8) is 0 Å². The van der Waals surface area contributed by atoms with Crippen molar-refractivity contribution >= 4 is 22.4 Å². The van der Waals surface area contributed by atoms with E-state index in [1.165, 1.54) is 53.7 Å². The molecule has 0 saturated heterocycles. The molecule has 4 rings (SSSR count). The van der Waals surface area contributed by atoms with Gasteiger partial charge in [-0.05, 0) is 55.7 Å². The Kier molecular flexibility index (Phi) is 3.26. The van der Waals surface area contributed by atoms with Gasteiger partial charge in [0.25, 0.3) is 0 Å². The second-order valence-electron chi connectivity index (χ2n) is 5.99. The number of carbonyl (C=O) groups excluding carboxylic acids is 1. The monoisotopic (exact) mass is 298 g/mol. The van der Waals surface area contributed by atoms with Crippen LogP contribution < -0.4 is 5.32 Å². The average molecular weight is 298 g/mol. The van der Waals surface area contributed by atoms with E-state index in [9.17, 15) is 4.79 Å². The summed E-state index contributed by atoms with van der Waals surface area (Å²) in [4.78, 5) is 16.3. The number of thiazole rings is 1. The van der Waals surface area contributed by atoms with Gasteiger partial charge in [0.15, 0.2) is 5.13 Å². The Morgan fingerprint density at radius 3 is 2.81 bits per heavy atom. The highest BCUT2D eigenvalue weighted by Gasteiger charge is 2.30. The lowest BCUT2D eigenvalue weighted by atomic mass is 9.90. The molecule has 1 N–H and O–H groups in total. The molecule has 0 spiro atoms. The molecule has 3 nitrogen and oxygen atoms in total. The van der Waals surface area contributed by atoms with Crippen LogP contribution in [0.25, 0.3) is 11.3 Å². The van der Waals surface area contributed by atoms with E-state index in [2.05, 4.69) is 28.5 Å². The molecule has 0 atom stereocenters. The van der Waals surface area contributed by atoms with Gasteiger partial charge in [0.2, 0.25) is 5.91 Å². The van der Waals surface area contributed by atoms with E-state index in [0.717, 1.165) is 23.7 Å². The number of nitrogens with one attached hydrogen (secondary N) is 1. The van der Waals surface area contributed by atoms with Gasteiger partial charge in [-0.15, -0.1) is 11.3 Å². The van der Waals surface area contributed by atoms with Crippen LogP contribution in [-0.2, 0) is 17.6 Å². The summed E-state index contributed by atoms with van der Waals surface area (Å²) in [5.74, 6) is 0.349. The fourth-order valence-electron chi connectivity index (χ4n) is 2.91. The molecular formula is C17H18N2OS. The molecule has 1 saturated carbocycles. The zero-order valence-corrected chi connectivity index (χ0v) is 12.7.